The lowest BCUT2D eigenvalue weighted by Crippen LogP contribution is -2.46. The molecule has 1 aromatic carbocycles. The number of aliphatic imine (C=N–C) groups is 1. The van der Waals surface area contributed by atoms with Crippen LogP contribution in [0.25, 0.3) is 0 Å². The minimum atomic E-state index is 0.559. The Morgan fingerprint density at radius 3 is 2.62 bits per heavy atom. The molecule has 2 aliphatic rings. The number of nitrogens with one attached hydrogen (secondary N) is 1. The van der Waals surface area contributed by atoms with E-state index in [1.807, 2.05) is 7.05 Å². The number of piperidine rings is 1. The van der Waals surface area contributed by atoms with Gasteiger partial charge in [-0.1, -0.05) is 31.2 Å². The third-order valence-electron chi connectivity index (χ3n) is 4.99. The van der Waals surface area contributed by atoms with E-state index in [0.29, 0.717) is 12.0 Å². The summed E-state index contributed by atoms with van der Waals surface area (Å²) < 4.78 is 0. The van der Waals surface area contributed by atoms with Crippen LogP contribution in [0.3, 0.4) is 0 Å². The molecule has 114 valence electrons. The van der Waals surface area contributed by atoms with E-state index in [9.17, 15) is 0 Å². The number of aryl methyl sites for hydroxylation is 1. The summed E-state index contributed by atoms with van der Waals surface area (Å²) in [7, 11) is 1.91. The fourth-order valence-electron chi connectivity index (χ4n) is 3.38. The highest BCUT2D eigenvalue weighted by molar-refractivity contribution is 5.80. The van der Waals surface area contributed by atoms with Crippen molar-refractivity contribution >= 4 is 5.96 Å². The van der Waals surface area contributed by atoms with Crippen LogP contribution in [0.1, 0.15) is 43.2 Å². The molecular weight excluding hydrogens is 258 g/mol. The zero-order valence-electron chi connectivity index (χ0n) is 13.5. The molecule has 1 aromatic rings. The third-order valence-corrected chi connectivity index (χ3v) is 4.99. The lowest BCUT2D eigenvalue weighted by atomic mass is 9.99. The van der Waals surface area contributed by atoms with E-state index in [1.165, 1.54) is 30.4 Å². The number of likely N-dealkylation sites (tertiary alicyclic amines) is 1. The predicted octanol–water partition coefficient (Wildman–Crippen LogP) is 3.16. The molecule has 3 nitrogen and oxygen atoms in total. The van der Waals surface area contributed by atoms with Gasteiger partial charge in [-0.25, -0.2) is 0 Å². The van der Waals surface area contributed by atoms with E-state index in [2.05, 4.69) is 53.3 Å². The molecule has 21 heavy (non-hydrogen) atoms. The van der Waals surface area contributed by atoms with Gasteiger partial charge in [0.25, 0.3) is 0 Å². The average Bonchev–Trinajstić information content (AvgIpc) is 3.25. The van der Waals surface area contributed by atoms with E-state index >= 15 is 0 Å². The first kappa shape index (κ1) is 14.4. The molecule has 0 aromatic heterocycles. The molecule has 2 atom stereocenters. The fraction of sp³-hybridized carbons (Fsp3) is 0.611. The molecule has 1 saturated heterocycles. The zero-order chi connectivity index (χ0) is 14.8. The van der Waals surface area contributed by atoms with Crippen LogP contribution in [0.15, 0.2) is 29.3 Å². The Balaban J connectivity index is 1.59. The van der Waals surface area contributed by atoms with E-state index < -0.39 is 0 Å². The molecule has 3 heteroatoms. The van der Waals surface area contributed by atoms with Crippen molar-refractivity contribution in [3.63, 3.8) is 0 Å². The molecule has 1 aliphatic carbocycles. The number of hydrogen-bond donors (Lipinski definition) is 1. The van der Waals surface area contributed by atoms with Crippen molar-refractivity contribution in [1.29, 1.82) is 0 Å². The normalized spacial score (nSPS) is 26.8. The van der Waals surface area contributed by atoms with E-state index in [1.54, 1.807) is 0 Å². The third kappa shape index (κ3) is 3.22. The smallest absolute Gasteiger partial charge is 0.193 e. The summed E-state index contributed by atoms with van der Waals surface area (Å²) in [4.78, 5) is 6.92. The van der Waals surface area contributed by atoms with Gasteiger partial charge in [-0.2, -0.15) is 0 Å². The molecule has 3 rings (SSSR count). The number of hydrogen-bond acceptors (Lipinski definition) is 1. The predicted molar refractivity (Wildman–Crippen MR) is 88.8 cm³/mol. The van der Waals surface area contributed by atoms with E-state index in [0.717, 1.165) is 25.0 Å². The maximum atomic E-state index is 4.50. The maximum Gasteiger partial charge on any atom is 0.193 e. The van der Waals surface area contributed by atoms with Crippen LogP contribution in [0.4, 0.5) is 0 Å². The van der Waals surface area contributed by atoms with Crippen molar-refractivity contribution in [2.75, 3.05) is 20.1 Å². The van der Waals surface area contributed by atoms with Gasteiger partial charge in [0.2, 0.25) is 0 Å². The highest BCUT2D eigenvalue weighted by atomic mass is 15.3. The quantitative estimate of drug-likeness (QED) is 0.667. The van der Waals surface area contributed by atoms with E-state index in [4.69, 9.17) is 0 Å². The van der Waals surface area contributed by atoms with Crippen LogP contribution in [-0.4, -0.2) is 37.0 Å². The summed E-state index contributed by atoms with van der Waals surface area (Å²) in [6, 6.07) is 9.32. The van der Waals surface area contributed by atoms with Crippen molar-refractivity contribution in [3.05, 3.63) is 35.4 Å². The van der Waals surface area contributed by atoms with Crippen LogP contribution in [0.5, 0.6) is 0 Å². The molecule has 2 fully saturated rings. The highest BCUT2D eigenvalue weighted by Crippen LogP contribution is 2.42. The first-order valence-corrected chi connectivity index (χ1v) is 8.23. The SMILES string of the molecule is CN=C(NC1CC1c1ccccc1C)N1CCC(C)CC1. The standard InChI is InChI=1S/C18H27N3/c1-13-8-10-21(11-9-13)18(19-3)20-17-12-16(17)15-7-5-4-6-14(15)2/h4-7,13,16-17H,8-12H2,1-3H3,(H,19,20). The Morgan fingerprint density at radius 2 is 1.95 bits per heavy atom. The minimum Gasteiger partial charge on any atom is -0.353 e. The van der Waals surface area contributed by atoms with Crippen LogP contribution >= 0.6 is 0 Å². The van der Waals surface area contributed by atoms with Gasteiger partial charge >= 0.3 is 0 Å². The second-order valence-corrected chi connectivity index (χ2v) is 6.67. The summed E-state index contributed by atoms with van der Waals surface area (Å²) in [5, 5.41) is 3.68. The number of rotatable bonds is 2. The topological polar surface area (TPSA) is 27.6 Å². The summed E-state index contributed by atoms with van der Waals surface area (Å²) >= 11 is 0. The maximum absolute atomic E-state index is 4.50. The van der Waals surface area contributed by atoms with Crippen molar-refractivity contribution < 1.29 is 0 Å². The van der Waals surface area contributed by atoms with Gasteiger partial charge in [0.15, 0.2) is 5.96 Å². The van der Waals surface area contributed by atoms with Crippen molar-refractivity contribution in [1.82, 2.24) is 10.2 Å². The summed E-state index contributed by atoms with van der Waals surface area (Å²) in [6.07, 6.45) is 3.80. The lowest BCUT2D eigenvalue weighted by Gasteiger charge is -2.33. The second-order valence-electron chi connectivity index (χ2n) is 6.67. The molecule has 0 bridgehead atoms. The number of nitrogens with zero attached hydrogens (tertiary/aromatic N) is 2. The van der Waals surface area contributed by atoms with Gasteiger partial charge in [0.1, 0.15) is 0 Å². The first-order chi connectivity index (χ1) is 10.2. The largest absolute Gasteiger partial charge is 0.353 e. The molecule has 0 spiro atoms. The molecule has 2 unspecified atom stereocenters. The Bertz CT molecular complexity index is 515. The Morgan fingerprint density at radius 1 is 1.24 bits per heavy atom. The number of guanidine groups is 1. The zero-order valence-corrected chi connectivity index (χ0v) is 13.5. The lowest BCUT2D eigenvalue weighted by molar-refractivity contribution is 0.273. The van der Waals surface area contributed by atoms with E-state index in [-0.39, 0.29) is 0 Å². The van der Waals surface area contributed by atoms with Crippen molar-refractivity contribution in [2.45, 2.75) is 45.1 Å². The molecule has 1 aliphatic heterocycles. The Hall–Kier alpha value is -1.51. The molecule has 1 saturated carbocycles. The van der Waals surface area contributed by atoms with Gasteiger partial charge in [0.05, 0.1) is 0 Å². The molecule has 1 N–H and O–H groups in total. The Kier molecular flexibility index (Phi) is 4.18. The van der Waals surface area contributed by atoms with Crippen molar-refractivity contribution in [2.24, 2.45) is 10.9 Å². The summed E-state index contributed by atoms with van der Waals surface area (Å²) in [5.74, 6) is 2.62. The summed E-state index contributed by atoms with van der Waals surface area (Å²) in [5.41, 5.74) is 2.91. The minimum absolute atomic E-state index is 0.559. The van der Waals surface area contributed by atoms with Crippen LogP contribution in [0, 0.1) is 12.8 Å². The summed E-state index contributed by atoms with van der Waals surface area (Å²) in [6.45, 7) is 6.85. The molecular formula is C18H27N3. The van der Waals surface area contributed by atoms with Gasteiger partial charge in [-0.05, 0) is 43.2 Å². The van der Waals surface area contributed by atoms with Gasteiger partial charge in [-0.15, -0.1) is 0 Å². The first-order valence-electron chi connectivity index (χ1n) is 8.23. The van der Waals surface area contributed by atoms with Crippen LogP contribution in [0.2, 0.25) is 0 Å². The Labute approximate surface area is 128 Å². The molecule has 0 amide bonds. The van der Waals surface area contributed by atoms with Crippen molar-refractivity contribution in [3.8, 4) is 0 Å². The van der Waals surface area contributed by atoms with Gasteiger partial charge < -0.3 is 10.2 Å². The average molecular weight is 285 g/mol. The van der Waals surface area contributed by atoms with Crippen LogP contribution in [-0.2, 0) is 0 Å². The monoisotopic (exact) mass is 285 g/mol. The molecule has 1 heterocycles. The second kappa shape index (κ2) is 6.08. The molecule has 0 radical (unpaired) electrons. The highest BCUT2D eigenvalue weighted by Gasteiger charge is 2.40. The fourth-order valence-corrected chi connectivity index (χ4v) is 3.38. The number of benzene rings is 1. The van der Waals surface area contributed by atoms with Crippen LogP contribution < -0.4 is 5.32 Å². The van der Waals surface area contributed by atoms with Gasteiger partial charge in [0, 0.05) is 32.1 Å². The van der Waals surface area contributed by atoms with Gasteiger partial charge in [-0.3, -0.25) is 4.99 Å².